The summed E-state index contributed by atoms with van der Waals surface area (Å²) in [6, 6.07) is 0.986. The zero-order valence-corrected chi connectivity index (χ0v) is 18.5. The molecule has 166 valence electrons. The first-order chi connectivity index (χ1) is 13.8. The number of benzene rings is 1. The summed E-state index contributed by atoms with van der Waals surface area (Å²) in [6.45, 7) is 0. The van der Waals surface area contributed by atoms with Gasteiger partial charge in [0, 0.05) is 5.56 Å². The van der Waals surface area contributed by atoms with Crippen molar-refractivity contribution < 1.29 is 40.5 Å². The summed E-state index contributed by atoms with van der Waals surface area (Å²) in [5, 5.41) is 1.56. The Hall–Kier alpha value is -1.41. The number of nitrogens with one attached hydrogen (secondary N) is 1. The molecular weight excluding hydrogens is 542 g/mol. The third kappa shape index (κ3) is 5.63. The van der Waals surface area contributed by atoms with Gasteiger partial charge in [0.1, 0.15) is 17.5 Å². The van der Waals surface area contributed by atoms with E-state index in [-0.39, 0.29) is 23.1 Å². The lowest BCUT2D eigenvalue weighted by Gasteiger charge is -2.21. The maximum atomic E-state index is 13.0. The Labute approximate surface area is 184 Å². The standard InChI is InChI=1S/C18H19F3INO6S/c19-18(20,21)15(8-30(26,27)28)23-16(24)11-3-4-13(22)14(7-11)29-17(25)12-6-9-1-2-10(12)5-9/h3-4,7,9-10,12,15H,1-2,5-6,8H2,(H,23,24)(H,26,27,28). The van der Waals surface area contributed by atoms with Gasteiger partial charge >= 0.3 is 12.1 Å². The lowest BCUT2D eigenvalue weighted by atomic mass is 9.89. The van der Waals surface area contributed by atoms with Crippen LogP contribution in [0.4, 0.5) is 13.2 Å². The van der Waals surface area contributed by atoms with Gasteiger partial charge in [0.15, 0.2) is 0 Å². The zero-order chi connectivity index (χ0) is 22.3. The summed E-state index contributed by atoms with van der Waals surface area (Å²) >= 11 is 1.88. The molecule has 0 saturated heterocycles. The van der Waals surface area contributed by atoms with Crippen LogP contribution in [-0.4, -0.2) is 42.8 Å². The molecule has 2 saturated carbocycles. The molecule has 0 aromatic heterocycles. The summed E-state index contributed by atoms with van der Waals surface area (Å²) in [4.78, 5) is 24.8. The van der Waals surface area contributed by atoms with Crippen LogP contribution in [-0.2, 0) is 14.9 Å². The first kappa shape index (κ1) is 23.3. The van der Waals surface area contributed by atoms with Crippen LogP contribution in [0.25, 0.3) is 0 Å². The molecule has 3 rings (SSSR count). The van der Waals surface area contributed by atoms with Crippen LogP contribution in [0, 0.1) is 21.3 Å². The van der Waals surface area contributed by atoms with Crippen LogP contribution in [0.5, 0.6) is 5.75 Å². The maximum Gasteiger partial charge on any atom is 0.409 e. The normalized spacial score (nSPS) is 24.5. The minimum atomic E-state index is -5.09. The molecule has 7 nitrogen and oxygen atoms in total. The second-order valence-electron chi connectivity index (χ2n) is 7.66. The quantitative estimate of drug-likeness (QED) is 0.239. The van der Waals surface area contributed by atoms with Gasteiger partial charge in [0.25, 0.3) is 16.0 Å². The molecule has 1 aromatic carbocycles. The van der Waals surface area contributed by atoms with Crippen LogP contribution in [0.3, 0.4) is 0 Å². The van der Waals surface area contributed by atoms with Gasteiger partial charge in [-0.05, 0) is 71.9 Å². The van der Waals surface area contributed by atoms with Crippen LogP contribution < -0.4 is 10.1 Å². The molecule has 4 atom stereocenters. The summed E-state index contributed by atoms with van der Waals surface area (Å²) in [7, 11) is -4.98. The molecule has 2 N–H and O–H groups in total. The predicted octanol–water partition coefficient (Wildman–Crippen LogP) is 3.18. The molecular formula is C18H19F3INO6S. The second-order valence-corrected chi connectivity index (χ2v) is 10.3. The van der Waals surface area contributed by atoms with Gasteiger partial charge in [-0.3, -0.25) is 14.1 Å². The number of rotatable bonds is 6. The average Bonchev–Trinajstić information content (AvgIpc) is 3.24. The number of alkyl halides is 3. The highest BCUT2D eigenvalue weighted by molar-refractivity contribution is 14.1. The number of ether oxygens (including phenoxy) is 1. The van der Waals surface area contributed by atoms with E-state index in [4.69, 9.17) is 9.29 Å². The van der Waals surface area contributed by atoms with Crippen LogP contribution >= 0.6 is 22.6 Å². The Morgan fingerprint density at radius 3 is 2.50 bits per heavy atom. The Morgan fingerprint density at radius 2 is 1.97 bits per heavy atom. The molecule has 0 spiro atoms. The van der Waals surface area contributed by atoms with E-state index in [1.165, 1.54) is 12.1 Å². The number of carbonyl (C=O) groups excluding carboxylic acids is 2. The fraction of sp³-hybridized carbons (Fsp3) is 0.556. The third-order valence-electron chi connectivity index (χ3n) is 5.52. The molecule has 30 heavy (non-hydrogen) atoms. The van der Waals surface area contributed by atoms with E-state index in [1.807, 2.05) is 22.6 Å². The molecule has 0 radical (unpaired) electrons. The fourth-order valence-corrected chi connectivity index (χ4v) is 5.25. The van der Waals surface area contributed by atoms with Crippen LogP contribution in [0.15, 0.2) is 18.2 Å². The van der Waals surface area contributed by atoms with Gasteiger partial charge < -0.3 is 10.1 Å². The minimum absolute atomic E-state index is 0.0503. The summed E-state index contributed by atoms with van der Waals surface area (Å²) in [5.74, 6) is -2.72. The number of carbonyl (C=O) groups is 2. The second kappa shape index (κ2) is 8.61. The van der Waals surface area contributed by atoms with Gasteiger partial charge in [-0.2, -0.15) is 21.6 Å². The van der Waals surface area contributed by atoms with Crippen molar-refractivity contribution in [2.24, 2.45) is 17.8 Å². The molecule has 12 heteroatoms. The first-order valence-electron chi connectivity index (χ1n) is 9.17. The Bertz CT molecular complexity index is 952. The van der Waals surface area contributed by atoms with Gasteiger partial charge in [0.2, 0.25) is 0 Å². The van der Waals surface area contributed by atoms with Gasteiger partial charge in [0.05, 0.1) is 9.49 Å². The summed E-state index contributed by atoms with van der Waals surface area (Å²) in [6.07, 6.45) is -1.27. The predicted molar refractivity (Wildman–Crippen MR) is 107 cm³/mol. The van der Waals surface area contributed by atoms with E-state index >= 15 is 0 Å². The van der Waals surface area contributed by atoms with Gasteiger partial charge in [-0.25, -0.2) is 0 Å². The maximum absolute atomic E-state index is 13.0. The van der Waals surface area contributed by atoms with E-state index in [0.29, 0.717) is 9.49 Å². The Morgan fingerprint density at radius 1 is 1.27 bits per heavy atom. The molecule has 2 fully saturated rings. The van der Waals surface area contributed by atoms with Crippen molar-refractivity contribution in [2.45, 2.75) is 37.9 Å². The molecule has 2 bridgehead atoms. The molecule has 2 aliphatic rings. The van der Waals surface area contributed by atoms with E-state index in [0.717, 1.165) is 31.7 Å². The average molecular weight is 561 g/mol. The minimum Gasteiger partial charge on any atom is -0.425 e. The first-order valence-corrected chi connectivity index (χ1v) is 11.9. The highest BCUT2D eigenvalue weighted by atomic mass is 127. The zero-order valence-electron chi connectivity index (χ0n) is 15.5. The van der Waals surface area contributed by atoms with Crippen molar-refractivity contribution in [1.29, 1.82) is 0 Å². The van der Waals surface area contributed by atoms with E-state index in [2.05, 4.69) is 0 Å². The summed E-state index contributed by atoms with van der Waals surface area (Å²) in [5.41, 5.74) is -0.240. The smallest absolute Gasteiger partial charge is 0.409 e. The van der Waals surface area contributed by atoms with Crippen molar-refractivity contribution in [2.75, 3.05) is 5.75 Å². The fourth-order valence-electron chi connectivity index (χ4n) is 4.11. The molecule has 0 aliphatic heterocycles. The van der Waals surface area contributed by atoms with Gasteiger partial charge in [-0.15, -0.1) is 0 Å². The topological polar surface area (TPSA) is 110 Å². The van der Waals surface area contributed by atoms with Gasteiger partial charge in [-0.1, -0.05) is 6.42 Å². The van der Waals surface area contributed by atoms with Crippen molar-refractivity contribution in [3.8, 4) is 5.75 Å². The van der Waals surface area contributed by atoms with Crippen molar-refractivity contribution in [3.63, 3.8) is 0 Å². The van der Waals surface area contributed by atoms with Crippen molar-refractivity contribution in [3.05, 3.63) is 27.3 Å². The largest absolute Gasteiger partial charge is 0.425 e. The number of fused-ring (bicyclic) bond motifs is 2. The number of amides is 1. The lowest BCUT2D eigenvalue weighted by molar-refractivity contribution is -0.148. The van der Waals surface area contributed by atoms with Crippen LogP contribution in [0.1, 0.15) is 36.0 Å². The third-order valence-corrected chi connectivity index (χ3v) is 7.17. The molecule has 2 aliphatic carbocycles. The summed E-state index contributed by atoms with van der Waals surface area (Å²) < 4.78 is 75.4. The molecule has 4 unspecified atom stereocenters. The monoisotopic (exact) mass is 561 g/mol. The molecule has 1 amide bonds. The van der Waals surface area contributed by atoms with E-state index in [9.17, 15) is 31.2 Å². The van der Waals surface area contributed by atoms with E-state index in [1.54, 1.807) is 5.32 Å². The Balaban J connectivity index is 1.73. The van der Waals surface area contributed by atoms with Crippen LogP contribution in [0.2, 0.25) is 0 Å². The highest BCUT2D eigenvalue weighted by Crippen LogP contribution is 2.48. The highest BCUT2D eigenvalue weighted by Gasteiger charge is 2.45. The number of hydrogen-bond donors (Lipinski definition) is 2. The molecule has 0 heterocycles. The van der Waals surface area contributed by atoms with E-state index < -0.39 is 40.0 Å². The van der Waals surface area contributed by atoms with Crippen molar-refractivity contribution >= 4 is 44.6 Å². The van der Waals surface area contributed by atoms with Crippen molar-refractivity contribution in [1.82, 2.24) is 5.32 Å². The number of halogens is 4. The molecule has 1 aromatic rings. The lowest BCUT2D eigenvalue weighted by Crippen LogP contribution is -2.49. The Kier molecular flexibility index (Phi) is 6.68. The number of hydrogen-bond acceptors (Lipinski definition) is 5. The number of esters is 1. The SMILES string of the molecule is O=C(NC(CS(=O)(=O)O)C(F)(F)F)c1ccc(I)c(OC(=O)C2CC3CCC2C3)c1.